The standard InChI is InChI=1S/C13H17N3O3/c1-8-7-11(9(2)15-14-8)12(17)16-5-3-10(4-6-16)13(18)19/h7,10H,3-6H2,1-2H3,(H,18,19). The average molecular weight is 263 g/mol. The van der Waals surface area contributed by atoms with E-state index in [9.17, 15) is 9.59 Å². The van der Waals surface area contributed by atoms with Gasteiger partial charge in [0.2, 0.25) is 0 Å². The Kier molecular flexibility index (Phi) is 3.78. The lowest BCUT2D eigenvalue weighted by Crippen LogP contribution is -2.40. The SMILES string of the molecule is Cc1cc(C(=O)N2CCC(C(=O)O)CC2)c(C)nn1. The van der Waals surface area contributed by atoms with Gasteiger partial charge in [-0.3, -0.25) is 9.59 Å². The van der Waals surface area contributed by atoms with Gasteiger partial charge in [0.15, 0.2) is 0 Å². The third-order valence-electron chi connectivity index (χ3n) is 3.46. The summed E-state index contributed by atoms with van der Waals surface area (Å²) >= 11 is 0. The van der Waals surface area contributed by atoms with E-state index < -0.39 is 5.97 Å². The molecule has 6 nitrogen and oxygen atoms in total. The van der Waals surface area contributed by atoms with Crippen molar-refractivity contribution in [1.82, 2.24) is 15.1 Å². The van der Waals surface area contributed by atoms with Crippen LogP contribution in [0.1, 0.15) is 34.6 Å². The zero-order valence-corrected chi connectivity index (χ0v) is 11.1. The summed E-state index contributed by atoms with van der Waals surface area (Å²) in [6.07, 6.45) is 1.02. The van der Waals surface area contributed by atoms with Gasteiger partial charge in [0.1, 0.15) is 0 Å². The molecular weight excluding hydrogens is 246 g/mol. The number of carboxylic acid groups (broad SMARTS) is 1. The number of aliphatic carboxylic acids is 1. The fourth-order valence-electron chi connectivity index (χ4n) is 2.27. The summed E-state index contributed by atoms with van der Waals surface area (Å²) < 4.78 is 0. The van der Waals surface area contributed by atoms with Gasteiger partial charge in [-0.15, -0.1) is 0 Å². The second kappa shape index (κ2) is 5.34. The number of aryl methyl sites for hydroxylation is 2. The molecule has 1 N–H and O–H groups in total. The summed E-state index contributed by atoms with van der Waals surface area (Å²) in [5.74, 6) is -1.19. The number of likely N-dealkylation sites (tertiary alicyclic amines) is 1. The topological polar surface area (TPSA) is 83.4 Å². The van der Waals surface area contributed by atoms with E-state index in [1.807, 2.05) is 0 Å². The molecule has 0 aliphatic carbocycles. The molecule has 1 aliphatic rings. The molecule has 19 heavy (non-hydrogen) atoms. The number of carbonyl (C=O) groups is 2. The summed E-state index contributed by atoms with van der Waals surface area (Å²) in [4.78, 5) is 24.9. The maximum atomic E-state index is 12.4. The summed E-state index contributed by atoms with van der Waals surface area (Å²) in [7, 11) is 0. The summed E-state index contributed by atoms with van der Waals surface area (Å²) in [6.45, 7) is 4.51. The van der Waals surface area contributed by atoms with Gasteiger partial charge in [0, 0.05) is 13.1 Å². The minimum atomic E-state index is -0.773. The van der Waals surface area contributed by atoms with Crippen LogP contribution in [-0.4, -0.2) is 45.2 Å². The number of amides is 1. The van der Waals surface area contributed by atoms with E-state index in [-0.39, 0.29) is 11.8 Å². The Hall–Kier alpha value is -1.98. The van der Waals surface area contributed by atoms with Gasteiger partial charge < -0.3 is 10.0 Å². The first-order valence-electron chi connectivity index (χ1n) is 6.32. The molecule has 1 aromatic rings. The second-order valence-corrected chi connectivity index (χ2v) is 4.89. The molecule has 102 valence electrons. The first-order valence-corrected chi connectivity index (χ1v) is 6.32. The zero-order chi connectivity index (χ0) is 14.0. The summed E-state index contributed by atoms with van der Waals surface area (Å²) in [5, 5.41) is 16.8. The maximum absolute atomic E-state index is 12.4. The van der Waals surface area contributed by atoms with Crippen LogP contribution < -0.4 is 0 Å². The van der Waals surface area contributed by atoms with E-state index in [2.05, 4.69) is 10.2 Å². The lowest BCUT2D eigenvalue weighted by atomic mass is 9.96. The zero-order valence-electron chi connectivity index (χ0n) is 11.1. The minimum Gasteiger partial charge on any atom is -0.481 e. The third-order valence-corrected chi connectivity index (χ3v) is 3.46. The molecular formula is C13H17N3O3. The highest BCUT2D eigenvalue weighted by molar-refractivity contribution is 5.95. The van der Waals surface area contributed by atoms with Crippen molar-refractivity contribution in [2.75, 3.05) is 13.1 Å². The van der Waals surface area contributed by atoms with Crippen LogP contribution in [0.2, 0.25) is 0 Å². The van der Waals surface area contributed by atoms with Crippen molar-refractivity contribution < 1.29 is 14.7 Å². The van der Waals surface area contributed by atoms with E-state index in [4.69, 9.17) is 5.11 Å². The van der Waals surface area contributed by atoms with Crippen molar-refractivity contribution in [3.8, 4) is 0 Å². The van der Waals surface area contributed by atoms with E-state index in [1.165, 1.54) is 0 Å². The smallest absolute Gasteiger partial charge is 0.306 e. The first kappa shape index (κ1) is 13.5. The van der Waals surface area contributed by atoms with E-state index >= 15 is 0 Å². The number of aromatic nitrogens is 2. The third kappa shape index (κ3) is 2.89. The normalized spacial score (nSPS) is 16.4. The van der Waals surface area contributed by atoms with Gasteiger partial charge in [-0.05, 0) is 32.8 Å². The van der Waals surface area contributed by atoms with Gasteiger partial charge in [-0.2, -0.15) is 10.2 Å². The number of carboxylic acids is 1. The molecule has 0 radical (unpaired) electrons. The molecule has 1 fully saturated rings. The molecule has 1 saturated heterocycles. The molecule has 2 rings (SSSR count). The Labute approximate surface area is 111 Å². The number of nitrogens with zero attached hydrogens (tertiary/aromatic N) is 3. The molecule has 6 heteroatoms. The monoisotopic (exact) mass is 263 g/mol. The number of rotatable bonds is 2. The lowest BCUT2D eigenvalue weighted by molar-refractivity contribution is -0.143. The molecule has 0 unspecified atom stereocenters. The van der Waals surface area contributed by atoms with Crippen LogP contribution in [0, 0.1) is 19.8 Å². The second-order valence-electron chi connectivity index (χ2n) is 4.89. The maximum Gasteiger partial charge on any atom is 0.306 e. The average Bonchev–Trinajstić information content (AvgIpc) is 2.41. The quantitative estimate of drug-likeness (QED) is 0.861. The number of piperidine rings is 1. The molecule has 1 aliphatic heterocycles. The highest BCUT2D eigenvalue weighted by Gasteiger charge is 2.28. The van der Waals surface area contributed by atoms with Gasteiger partial charge in [-0.1, -0.05) is 0 Å². The molecule has 1 aromatic heterocycles. The summed E-state index contributed by atoms with van der Waals surface area (Å²) in [6, 6.07) is 1.73. The molecule has 0 saturated carbocycles. The number of hydrogen-bond donors (Lipinski definition) is 1. The molecule has 0 bridgehead atoms. The molecule has 0 spiro atoms. The molecule has 2 heterocycles. The van der Waals surface area contributed by atoms with Crippen LogP contribution >= 0.6 is 0 Å². The number of hydrogen-bond acceptors (Lipinski definition) is 4. The van der Waals surface area contributed by atoms with E-state index in [0.29, 0.717) is 42.9 Å². The highest BCUT2D eigenvalue weighted by Crippen LogP contribution is 2.20. The predicted octanol–water partition coefficient (Wildman–Crippen LogP) is 1.03. The van der Waals surface area contributed by atoms with Crippen LogP contribution in [-0.2, 0) is 4.79 Å². The Morgan fingerprint density at radius 1 is 1.26 bits per heavy atom. The fraction of sp³-hybridized carbons (Fsp3) is 0.538. The summed E-state index contributed by atoms with van der Waals surface area (Å²) in [5.41, 5.74) is 1.87. The Morgan fingerprint density at radius 3 is 2.47 bits per heavy atom. The van der Waals surface area contributed by atoms with Crippen LogP contribution in [0.25, 0.3) is 0 Å². The Balaban J connectivity index is 2.09. The Bertz CT molecular complexity index is 508. The van der Waals surface area contributed by atoms with Crippen LogP contribution in [0.4, 0.5) is 0 Å². The van der Waals surface area contributed by atoms with Crippen LogP contribution in [0.15, 0.2) is 6.07 Å². The highest BCUT2D eigenvalue weighted by atomic mass is 16.4. The van der Waals surface area contributed by atoms with E-state index in [0.717, 1.165) is 0 Å². The lowest BCUT2D eigenvalue weighted by Gasteiger charge is -2.30. The first-order chi connectivity index (χ1) is 8.99. The van der Waals surface area contributed by atoms with Gasteiger partial charge >= 0.3 is 5.97 Å². The van der Waals surface area contributed by atoms with Crippen molar-refractivity contribution in [3.63, 3.8) is 0 Å². The van der Waals surface area contributed by atoms with Crippen molar-refractivity contribution in [1.29, 1.82) is 0 Å². The van der Waals surface area contributed by atoms with Gasteiger partial charge in [0.05, 0.1) is 22.9 Å². The largest absolute Gasteiger partial charge is 0.481 e. The van der Waals surface area contributed by atoms with Crippen molar-refractivity contribution in [3.05, 3.63) is 23.0 Å². The molecule has 0 atom stereocenters. The number of carbonyl (C=O) groups excluding carboxylic acids is 1. The fourth-order valence-corrected chi connectivity index (χ4v) is 2.27. The minimum absolute atomic E-state index is 0.0839. The van der Waals surface area contributed by atoms with Crippen LogP contribution in [0.5, 0.6) is 0 Å². The van der Waals surface area contributed by atoms with Gasteiger partial charge in [0.25, 0.3) is 5.91 Å². The Morgan fingerprint density at radius 2 is 1.89 bits per heavy atom. The van der Waals surface area contributed by atoms with E-state index in [1.54, 1.807) is 24.8 Å². The van der Waals surface area contributed by atoms with Crippen molar-refractivity contribution in [2.45, 2.75) is 26.7 Å². The molecule has 0 aromatic carbocycles. The van der Waals surface area contributed by atoms with Crippen molar-refractivity contribution >= 4 is 11.9 Å². The predicted molar refractivity (Wildman–Crippen MR) is 67.8 cm³/mol. The van der Waals surface area contributed by atoms with Crippen LogP contribution in [0.3, 0.4) is 0 Å². The van der Waals surface area contributed by atoms with Crippen molar-refractivity contribution in [2.24, 2.45) is 5.92 Å². The molecule has 1 amide bonds. The van der Waals surface area contributed by atoms with Gasteiger partial charge in [-0.25, -0.2) is 0 Å².